The van der Waals surface area contributed by atoms with Crippen molar-refractivity contribution in [2.75, 3.05) is 13.1 Å². The second-order valence-electron chi connectivity index (χ2n) is 9.57. The molecule has 1 aromatic rings. The van der Waals surface area contributed by atoms with Gasteiger partial charge < -0.3 is 9.80 Å². The predicted octanol–water partition coefficient (Wildman–Crippen LogP) is 7.02. The lowest BCUT2D eigenvalue weighted by molar-refractivity contribution is -0.166. The third-order valence-corrected chi connectivity index (χ3v) is 6.89. The number of likely N-dealkylation sites (tertiary alicyclic amines) is 2. The first-order valence-corrected chi connectivity index (χ1v) is 12.9. The summed E-state index contributed by atoms with van der Waals surface area (Å²) >= 11 is 0. The Balaban J connectivity index is 2.04. The number of hydrogen-bond acceptors (Lipinski definition) is 4. The van der Waals surface area contributed by atoms with E-state index >= 15 is 0 Å². The molecule has 0 bridgehead atoms. The zero-order valence-electron chi connectivity index (χ0n) is 21.9. The van der Waals surface area contributed by atoms with E-state index in [4.69, 9.17) is 0 Å². The molecular weight excluding hydrogens is 522 g/mol. The lowest BCUT2D eigenvalue weighted by atomic mass is 9.87. The second-order valence-corrected chi connectivity index (χ2v) is 9.57. The number of nitrogens with zero attached hydrogens (tertiary/aromatic N) is 2. The summed E-state index contributed by atoms with van der Waals surface area (Å²) in [5.41, 5.74) is -0.647. The summed E-state index contributed by atoms with van der Waals surface area (Å²) in [4.78, 5) is 28.3. The van der Waals surface area contributed by atoms with Crippen molar-refractivity contribution >= 4 is 17.1 Å². The highest BCUT2D eigenvalue weighted by atomic mass is 19.4. The number of allylic oxidation sites excluding steroid dienone is 6. The molecule has 2 aliphatic heterocycles. The van der Waals surface area contributed by atoms with E-state index < -0.39 is 35.1 Å². The van der Waals surface area contributed by atoms with E-state index in [1.165, 1.54) is 30.6 Å². The normalized spacial score (nSPS) is 21.8. The number of carbonyl (C=O) groups excluding carboxylic acids is 2. The molecule has 212 valence electrons. The first-order valence-electron chi connectivity index (χ1n) is 12.9. The number of carbonyl (C=O) groups is 2. The number of rotatable bonds is 8. The molecule has 0 radical (unpaired) electrons. The van der Waals surface area contributed by atoms with Crippen LogP contribution in [-0.2, 0) is 9.59 Å². The standard InChI is InChI=1S/C29H32F6N2O2/c1-3-10-20(11-4-2)22(26(38)28(30,31)32)18-36-16-8-15-25-24(36)14-9-17-37(25)19-23(27(39)29(33,34)35)21-12-6-5-7-13-21/h3,5-7,10-13,18-19,24-25H,4,8-9,14-17H2,1-2H3/b10-3-,20-11+,22-18+,23-19+. The molecule has 1 aromatic carbocycles. The highest BCUT2D eigenvalue weighted by Gasteiger charge is 2.44. The molecule has 4 nitrogen and oxygen atoms in total. The molecule has 3 rings (SSSR count). The molecular formula is C29H32F6N2O2. The van der Waals surface area contributed by atoms with Crippen LogP contribution >= 0.6 is 0 Å². The van der Waals surface area contributed by atoms with Crippen LogP contribution in [-0.4, -0.2) is 58.9 Å². The van der Waals surface area contributed by atoms with Gasteiger partial charge in [-0.2, -0.15) is 26.3 Å². The van der Waals surface area contributed by atoms with Crippen molar-refractivity contribution in [1.29, 1.82) is 0 Å². The SMILES string of the molecule is C\C=C/C(=C\CC)C(=C\N1CCCC2C1CCCN2/C=C(/C(=O)C(F)(F)F)c1ccccc1)/C(=O)C(F)(F)F. The quantitative estimate of drug-likeness (QED) is 0.197. The van der Waals surface area contributed by atoms with Gasteiger partial charge in [-0.1, -0.05) is 55.5 Å². The van der Waals surface area contributed by atoms with Crippen molar-refractivity contribution in [2.45, 2.75) is 70.4 Å². The zero-order valence-corrected chi connectivity index (χ0v) is 21.9. The number of ketones is 2. The van der Waals surface area contributed by atoms with Crippen LogP contribution in [0.15, 0.2) is 72.1 Å². The summed E-state index contributed by atoms with van der Waals surface area (Å²) in [5.74, 6) is -3.90. The molecule has 2 unspecified atom stereocenters. The van der Waals surface area contributed by atoms with Gasteiger partial charge in [0.05, 0.1) is 5.57 Å². The molecule has 0 aromatic heterocycles. The summed E-state index contributed by atoms with van der Waals surface area (Å²) < 4.78 is 81.2. The molecule has 2 fully saturated rings. The highest BCUT2D eigenvalue weighted by Crippen LogP contribution is 2.35. The molecule has 10 heteroatoms. The van der Waals surface area contributed by atoms with E-state index in [0.717, 1.165) is 0 Å². The van der Waals surface area contributed by atoms with Crippen LogP contribution in [0.2, 0.25) is 0 Å². The van der Waals surface area contributed by atoms with Crippen molar-refractivity contribution in [3.05, 3.63) is 77.7 Å². The van der Waals surface area contributed by atoms with Gasteiger partial charge in [-0.3, -0.25) is 9.59 Å². The first kappa shape index (κ1) is 30.2. The van der Waals surface area contributed by atoms with Crippen LogP contribution in [0.25, 0.3) is 5.57 Å². The monoisotopic (exact) mass is 554 g/mol. The number of Topliss-reactive ketones (excluding diaryl/α,β-unsaturated/α-hetero) is 2. The Morgan fingerprint density at radius 1 is 0.872 bits per heavy atom. The molecule has 0 spiro atoms. The Morgan fingerprint density at radius 3 is 1.90 bits per heavy atom. The van der Waals surface area contributed by atoms with Gasteiger partial charge in [-0.15, -0.1) is 0 Å². The Labute approximate surface area is 224 Å². The number of benzene rings is 1. The van der Waals surface area contributed by atoms with Gasteiger partial charge in [0, 0.05) is 43.1 Å². The van der Waals surface area contributed by atoms with Crippen molar-refractivity contribution in [1.82, 2.24) is 9.80 Å². The Bertz CT molecular complexity index is 1150. The second kappa shape index (κ2) is 12.7. The van der Waals surface area contributed by atoms with Gasteiger partial charge in [-0.05, 0) is 50.2 Å². The molecule has 2 aliphatic rings. The number of fused-ring (bicyclic) bond motifs is 1. The van der Waals surface area contributed by atoms with Gasteiger partial charge in [0.1, 0.15) is 0 Å². The summed E-state index contributed by atoms with van der Waals surface area (Å²) in [6, 6.07) is 6.91. The minimum atomic E-state index is -5.07. The average molecular weight is 555 g/mol. The van der Waals surface area contributed by atoms with Crippen LogP contribution < -0.4 is 0 Å². The fourth-order valence-corrected chi connectivity index (χ4v) is 5.23. The van der Waals surface area contributed by atoms with E-state index in [-0.39, 0.29) is 23.2 Å². The minimum Gasteiger partial charge on any atom is -0.372 e. The van der Waals surface area contributed by atoms with E-state index in [2.05, 4.69) is 0 Å². The molecule has 39 heavy (non-hydrogen) atoms. The Hall–Kier alpha value is -3.30. The number of piperidine rings is 2. The van der Waals surface area contributed by atoms with Gasteiger partial charge in [0.15, 0.2) is 0 Å². The van der Waals surface area contributed by atoms with Crippen molar-refractivity contribution < 1.29 is 35.9 Å². The Morgan fingerprint density at radius 2 is 1.41 bits per heavy atom. The van der Waals surface area contributed by atoms with Crippen LogP contribution in [0, 0.1) is 0 Å². The maximum atomic E-state index is 13.6. The van der Waals surface area contributed by atoms with Gasteiger partial charge in [-0.25, -0.2) is 0 Å². The maximum absolute atomic E-state index is 13.6. The molecule has 0 saturated carbocycles. The lowest BCUT2D eigenvalue weighted by Crippen LogP contribution is -2.55. The summed E-state index contributed by atoms with van der Waals surface area (Å²) in [5, 5.41) is 0. The third-order valence-electron chi connectivity index (χ3n) is 6.89. The van der Waals surface area contributed by atoms with E-state index in [9.17, 15) is 35.9 Å². The molecule has 0 N–H and O–H groups in total. The van der Waals surface area contributed by atoms with Gasteiger partial charge in [0.25, 0.3) is 11.6 Å². The predicted molar refractivity (Wildman–Crippen MR) is 137 cm³/mol. The van der Waals surface area contributed by atoms with E-state index in [1.54, 1.807) is 54.0 Å². The lowest BCUT2D eigenvalue weighted by Gasteiger charge is -2.49. The smallest absolute Gasteiger partial charge is 0.372 e. The van der Waals surface area contributed by atoms with Crippen LogP contribution in [0.4, 0.5) is 26.3 Å². The molecule has 2 atom stereocenters. The zero-order chi connectivity index (χ0) is 28.8. The fourth-order valence-electron chi connectivity index (χ4n) is 5.23. The van der Waals surface area contributed by atoms with Crippen LogP contribution in [0.5, 0.6) is 0 Å². The molecule has 2 saturated heterocycles. The largest absolute Gasteiger partial charge is 0.454 e. The Kier molecular flexibility index (Phi) is 9.85. The molecule has 2 heterocycles. The average Bonchev–Trinajstić information content (AvgIpc) is 2.89. The van der Waals surface area contributed by atoms with E-state index in [1.807, 2.05) is 0 Å². The topological polar surface area (TPSA) is 40.6 Å². The highest BCUT2D eigenvalue weighted by molar-refractivity contribution is 6.23. The minimum absolute atomic E-state index is 0.133. The molecule has 0 aliphatic carbocycles. The molecule has 0 amide bonds. The van der Waals surface area contributed by atoms with Crippen molar-refractivity contribution in [3.8, 4) is 0 Å². The number of hydrogen-bond donors (Lipinski definition) is 0. The van der Waals surface area contributed by atoms with Crippen LogP contribution in [0.1, 0.15) is 51.5 Å². The summed E-state index contributed by atoms with van der Waals surface area (Å²) in [7, 11) is 0. The van der Waals surface area contributed by atoms with Crippen LogP contribution in [0.3, 0.4) is 0 Å². The summed E-state index contributed by atoms with van der Waals surface area (Å²) in [6.07, 6.45) is -0.340. The van der Waals surface area contributed by atoms with Crippen molar-refractivity contribution in [3.63, 3.8) is 0 Å². The number of alkyl halides is 6. The van der Waals surface area contributed by atoms with Gasteiger partial charge in [0.2, 0.25) is 0 Å². The number of halogens is 6. The summed E-state index contributed by atoms with van der Waals surface area (Å²) in [6.45, 7) is 4.20. The fraction of sp³-hybridized carbons (Fsp3) is 0.448. The first-order chi connectivity index (χ1) is 18.4. The van der Waals surface area contributed by atoms with Gasteiger partial charge >= 0.3 is 12.4 Å². The van der Waals surface area contributed by atoms with Crippen molar-refractivity contribution in [2.24, 2.45) is 0 Å². The van der Waals surface area contributed by atoms with E-state index in [0.29, 0.717) is 45.2 Å². The maximum Gasteiger partial charge on any atom is 0.454 e. The third kappa shape index (κ3) is 7.42.